The quantitative estimate of drug-likeness (QED) is 0.787. The average Bonchev–Trinajstić information content (AvgIpc) is 2.63. The number of rotatable bonds is 2. The van der Waals surface area contributed by atoms with Gasteiger partial charge in [-0.05, 0) is 6.92 Å². The van der Waals surface area contributed by atoms with E-state index in [0.717, 1.165) is 0 Å². The van der Waals surface area contributed by atoms with Crippen molar-refractivity contribution in [2.24, 2.45) is 7.05 Å². The summed E-state index contributed by atoms with van der Waals surface area (Å²) in [5, 5.41) is 22.5. The molecule has 0 saturated carbocycles. The smallest absolute Gasteiger partial charge is 0.328 e. The zero-order valence-electron chi connectivity index (χ0n) is 10.3. The SMILES string of the molecule is Cc1nn(C)c(N2CCOCC2C(=O)O)c1C#N. The fourth-order valence-electron chi connectivity index (χ4n) is 2.17. The normalized spacial score (nSPS) is 19.6. The van der Waals surface area contributed by atoms with Crippen LogP contribution in [0.4, 0.5) is 5.82 Å². The standard InChI is InChI=1S/C11H14N4O3/c1-7-8(5-12)10(14(2)13-7)15-3-4-18-6-9(15)11(16)17/h9H,3-4,6H2,1-2H3,(H,16,17). The molecule has 2 heterocycles. The topological polar surface area (TPSA) is 91.4 Å². The molecule has 18 heavy (non-hydrogen) atoms. The van der Waals surface area contributed by atoms with Gasteiger partial charge in [0.15, 0.2) is 6.04 Å². The van der Waals surface area contributed by atoms with Gasteiger partial charge in [-0.2, -0.15) is 10.4 Å². The van der Waals surface area contributed by atoms with Crippen LogP contribution in [0.25, 0.3) is 0 Å². The average molecular weight is 250 g/mol. The second-order valence-corrected chi connectivity index (χ2v) is 4.14. The van der Waals surface area contributed by atoms with E-state index in [9.17, 15) is 9.90 Å². The van der Waals surface area contributed by atoms with Crippen molar-refractivity contribution in [3.8, 4) is 6.07 Å². The van der Waals surface area contributed by atoms with Crippen molar-refractivity contribution in [2.45, 2.75) is 13.0 Å². The number of ether oxygens (including phenoxy) is 1. The van der Waals surface area contributed by atoms with E-state index in [0.29, 0.717) is 30.2 Å². The molecule has 0 aliphatic carbocycles. The lowest BCUT2D eigenvalue weighted by Gasteiger charge is -2.34. The van der Waals surface area contributed by atoms with Crippen molar-refractivity contribution in [3.05, 3.63) is 11.3 Å². The first-order chi connectivity index (χ1) is 8.56. The molecule has 0 amide bonds. The van der Waals surface area contributed by atoms with E-state index in [1.165, 1.54) is 0 Å². The first-order valence-electron chi connectivity index (χ1n) is 5.57. The summed E-state index contributed by atoms with van der Waals surface area (Å²) in [6.07, 6.45) is 0. The van der Waals surface area contributed by atoms with Crippen molar-refractivity contribution in [1.82, 2.24) is 9.78 Å². The van der Waals surface area contributed by atoms with Gasteiger partial charge >= 0.3 is 5.97 Å². The molecule has 0 aromatic carbocycles. The minimum Gasteiger partial charge on any atom is -0.480 e. The first kappa shape index (κ1) is 12.4. The Morgan fingerprint density at radius 2 is 2.39 bits per heavy atom. The number of aryl methyl sites for hydroxylation is 2. The number of hydrogen-bond acceptors (Lipinski definition) is 5. The van der Waals surface area contributed by atoms with E-state index in [4.69, 9.17) is 10.00 Å². The van der Waals surface area contributed by atoms with E-state index in [2.05, 4.69) is 11.2 Å². The lowest BCUT2D eigenvalue weighted by molar-refractivity contribution is -0.141. The highest BCUT2D eigenvalue weighted by molar-refractivity contribution is 5.79. The summed E-state index contributed by atoms with van der Waals surface area (Å²) in [7, 11) is 1.71. The minimum absolute atomic E-state index is 0.116. The number of carboxylic acid groups (broad SMARTS) is 1. The fraction of sp³-hybridized carbons (Fsp3) is 0.545. The molecular formula is C11H14N4O3. The maximum absolute atomic E-state index is 11.2. The van der Waals surface area contributed by atoms with E-state index < -0.39 is 12.0 Å². The Morgan fingerprint density at radius 3 is 3.00 bits per heavy atom. The summed E-state index contributed by atoms with van der Waals surface area (Å²) in [5.74, 6) is -0.414. The fourth-order valence-corrected chi connectivity index (χ4v) is 2.17. The second kappa shape index (κ2) is 4.66. The molecule has 1 N–H and O–H groups in total. The number of nitrogens with zero attached hydrogens (tertiary/aromatic N) is 4. The molecule has 1 atom stereocenters. The second-order valence-electron chi connectivity index (χ2n) is 4.14. The monoisotopic (exact) mass is 250 g/mol. The Labute approximate surface area is 104 Å². The number of aromatic nitrogens is 2. The summed E-state index contributed by atoms with van der Waals surface area (Å²) >= 11 is 0. The van der Waals surface area contributed by atoms with Crippen LogP contribution < -0.4 is 4.90 Å². The zero-order valence-corrected chi connectivity index (χ0v) is 10.3. The molecule has 1 saturated heterocycles. The third kappa shape index (κ3) is 1.91. The van der Waals surface area contributed by atoms with Gasteiger partial charge in [0.2, 0.25) is 0 Å². The van der Waals surface area contributed by atoms with Crippen LogP contribution in [0.2, 0.25) is 0 Å². The summed E-state index contributed by atoms with van der Waals surface area (Å²) in [6.45, 7) is 2.73. The molecule has 7 nitrogen and oxygen atoms in total. The maximum Gasteiger partial charge on any atom is 0.328 e. The number of carbonyl (C=O) groups is 1. The van der Waals surface area contributed by atoms with Crippen molar-refractivity contribution in [1.29, 1.82) is 5.26 Å². The Bertz CT molecular complexity index is 517. The molecule has 2 rings (SSSR count). The molecule has 0 radical (unpaired) electrons. The highest BCUT2D eigenvalue weighted by Crippen LogP contribution is 2.25. The molecule has 1 aliphatic rings. The van der Waals surface area contributed by atoms with Crippen LogP contribution in [-0.2, 0) is 16.6 Å². The highest BCUT2D eigenvalue weighted by atomic mass is 16.5. The van der Waals surface area contributed by atoms with E-state index in [1.807, 2.05) is 0 Å². The number of hydrogen-bond donors (Lipinski definition) is 1. The third-order valence-electron chi connectivity index (χ3n) is 2.99. The van der Waals surface area contributed by atoms with Gasteiger partial charge < -0.3 is 14.7 Å². The van der Waals surface area contributed by atoms with Crippen molar-refractivity contribution in [3.63, 3.8) is 0 Å². The van der Waals surface area contributed by atoms with Gasteiger partial charge in [0.25, 0.3) is 0 Å². The van der Waals surface area contributed by atoms with Crippen LogP contribution in [0.3, 0.4) is 0 Å². The maximum atomic E-state index is 11.2. The molecule has 1 aromatic heterocycles. The highest BCUT2D eigenvalue weighted by Gasteiger charge is 2.33. The van der Waals surface area contributed by atoms with Crippen LogP contribution in [0, 0.1) is 18.3 Å². The number of anilines is 1. The Kier molecular flexibility index (Phi) is 3.21. The van der Waals surface area contributed by atoms with E-state index in [1.54, 1.807) is 23.6 Å². The van der Waals surface area contributed by atoms with E-state index in [-0.39, 0.29) is 6.61 Å². The van der Waals surface area contributed by atoms with Gasteiger partial charge in [-0.1, -0.05) is 0 Å². The van der Waals surface area contributed by atoms with Crippen molar-refractivity contribution >= 4 is 11.8 Å². The summed E-state index contributed by atoms with van der Waals surface area (Å²) in [4.78, 5) is 12.9. The molecule has 1 unspecified atom stereocenters. The molecule has 0 bridgehead atoms. The molecule has 1 aromatic rings. The predicted octanol–water partition coefficient (Wildman–Crippen LogP) is -0.110. The van der Waals surface area contributed by atoms with E-state index >= 15 is 0 Å². The largest absolute Gasteiger partial charge is 0.480 e. The van der Waals surface area contributed by atoms with Crippen LogP contribution in [0.15, 0.2) is 0 Å². The van der Waals surface area contributed by atoms with Crippen LogP contribution in [-0.4, -0.2) is 46.7 Å². The Balaban J connectivity index is 2.46. The lowest BCUT2D eigenvalue weighted by atomic mass is 10.2. The minimum atomic E-state index is -0.961. The van der Waals surface area contributed by atoms with Crippen LogP contribution in [0.1, 0.15) is 11.3 Å². The van der Waals surface area contributed by atoms with Crippen molar-refractivity contribution < 1.29 is 14.6 Å². The zero-order chi connectivity index (χ0) is 13.3. The number of aliphatic carboxylic acids is 1. The molecule has 1 aliphatic heterocycles. The Morgan fingerprint density at radius 1 is 1.67 bits per heavy atom. The predicted molar refractivity (Wildman–Crippen MR) is 62.2 cm³/mol. The lowest BCUT2D eigenvalue weighted by Crippen LogP contribution is -2.51. The molecular weight excluding hydrogens is 236 g/mol. The van der Waals surface area contributed by atoms with Crippen molar-refractivity contribution in [2.75, 3.05) is 24.7 Å². The number of nitriles is 1. The molecule has 7 heteroatoms. The number of morpholine rings is 1. The van der Waals surface area contributed by atoms with Crippen LogP contribution in [0.5, 0.6) is 0 Å². The summed E-state index contributed by atoms with van der Waals surface area (Å²) < 4.78 is 6.73. The van der Waals surface area contributed by atoms with Gasteiger partial charge in [0.05, 0.1) is 18.9 Å². The van der Waals surface area contributed by atoms with Gasteiger partial charge in [-0.25, -0.2) is 4.79 Å². The van der Waals surface area contributed by atoms with Gasteiger partial charge in [-0.15, -0.1) is 0 Å². The third-order valence-corrected chi connectivity index (χ3v) is 2.99. The van der Waals surface area contributed by atoms with Gasteiger partial charge in [-0.3, -0.25) is 4.68 Å². The van der Waals surface area contributed by atoms with Gasteiger partial charge in [0.1, 0.15) is 17.5 Å². The molecule has 1 fully saturated rings. The summed E-state index contributed by atoms with van der Waals surface area (Å²) in [5.41, 5.74) is 1.02. The molecule has 96 valence electrons. The number of carboxylic acids is 1. The summed E-state index contributed by atoms with van der Waals surface area (Å²) in [6, 6.07) is 1.31. The first-order valence-corrected chi connectivity index (χ1v) is 5.57. The van der Waals surface area contributed by atoms with Gasteiger partial charge in [0, 0.05) is 13.6 Å². The van der Waals surface area contributed by atoms with Crippen LogP contribution >= 0.6 is 0 Å². The molecule has 0 spiro atoms. The Hall–Kier alpha value is -2.07.